The molecule has 0 bridgehead atoms. The Hall–Kier alpha value is -1.85. The molecule has 0 radical (unpaired) electrons. The Labute approximate surface area is 150 Å². The van der Waals surface area contributed by atoms with Crippen LogP contribution in [0, 0.1) is 0 Å². The third kappa shape index (κ3) is 5.69. The molecular weight excluding hydrogens is 402 g/mol. The second-order valence-corrected chi connectivity index (χ2v) is 5.43. The predicted octanol–water partition coefficient (Wildman–Crippen LogP) is 5.45. The second kappa shape index (κ2) is 9.33. The minimum absolute atomic E-state index is 0. The third-order valence-corrected chi connectivity index (χ3v) is 3.85. The number of hydrogen-bond acceptors (Lipinski definition) is 3. The minimum Gasteiger partial charge on any atom is -0.409 e. The van der Waals surface area contributed by atoms with Crippen LogP contribution >= 0.6 is 8.60 Å². The Morgan fingerprint density at radius 3 is 0.957 bits per heavy atom. The molecule has 118 valence electrons. The summed E-state index contributed by atoms with van der Waals surface area (Å²) >= 11 is 0. The second-order valence-electron chi connectivity index (χ2n) is 4.44. The van der Waals surface area contributed by atoms with Crippen LogP contribution in [0.15, 0.2) is 91.0 Å². The molecule has 0 spiro atoms. The van der Waals surface area contributed by atoms with Crippen LogP contribution in [0.1, 0.15) is 0 Å². The summed E-state index contributed by atoms with van der Waals surface area (Å²) in [6.45, 7) is 0. The van der Waals surface area contributed by atoms with Crippen LogP contribution in [-0.2, 0) is 20.4 Å². The van der Waals surface area contributed by atoms with E-state index >= 15 is 0 Å². The van der Waals surface area contributed by atoms with Gasteiger partial charge in [-0.3, -0.25) is 0 Å². The zero-order valence-corrected chi connectivity index (χ0v) is 14.6. The normalized spacial score (nSPS) is 9.78. The summed E-state index contributed by atoms with van der Waals surface area (Å²) in [5.74, 6) is 2.13. The average Bonchev–Trinajstić information content (AvgIpc) is 2.57. The van der Waals surface area contributed by atoms with Crippen LogP contribution in [0.25, 0.3) is 0 Å². The maximum Gasteiger partial charge on any atom is 2.00 e. The van der Waals surface area contributed by atoms with Gasteiger partial charge in [-0.2, -0.15) is 0 Å². The van der Waals surface area contributed by atoms with Gasteiger partial charge in [-0.25, -0.2) is 0 Å². The maximum absolute atomic E-state index is 5.84. The predicted molar refractivity (Wildman–Crippen MR) is 88.1 cm³/mol. The van der Waals surface area contributed by atoms with E-state index in [0.29, 0.717) is 17.2 Å². The number of rotatable bonds is 6. The molecule has 0 aliphatic rings. The number of benzene rings is 3. The van der Waals surface area contributed by atoms with Gasteiger partial charge in [-0.15, -0.1) is 0 Å². The van der Waals surface area contributed by atoms with Crippen molar-refractivity contribution >= 4 is 8.60 Å². The van der Waals surface area contributed by atoms with Crippen LogP contribution in [0.4, 0.5) is 0 Å². The van der Waals surface area contributed by atoms with Crippen LogP contribution in [0.5, 0.6) is 17.2 Å². The van der Waals surface area contributed by atoms with Gasteiger partial charge in [-0.1, -0.05) is 54.6 Å². The Morgan fingerprint density at radius 2 is 0.696 bits per heavy atom. The van der Waals surface area contributed by atoms with Crippen molar-refractivity contribution in [2.75, 3.05) is 0 Å². The van der Waals surface area contributed by atoms with E-state index < -0.39 is 8.60 Å². The van der Waals surface area contributed by atoms with Gasteiger partial charge in [0.2, 0.25) is 0 Å². The third-order valence-electron chi connectivity index (χ3n) is 2.77. The van der Waals surface area contributed by atoms with Gasteiger partial charge in [-0.05, 0) is 36.4 Å². The van der Waals surface area contributed by atoms with Crippen molar-refractivity contribution in [2.24, 2.45) is 0 Å². The van der Waals surface area contributed by atoms with Crippen LogP contribution < -0.4 is 13.6 Å². The summed E-state index contributed by atoms with van der Waals surface area (Å²) < 4.78 is 17.5. The molecule has 0 aliphatic carbocycles. The van der Waals surface area contributed by atoms with E-state index in [1.165, 1.54) is 0 Å². The van der Waals surface area contributed by atoms with E-state index in [2.05, 4.69) is 0 Å². The van der Waals surface area contributed by atoms with Gasteiger partial charge in [0.05, 0.1) is 0 Å². The maximum atomic E-state index is 5.84. The van der Waals surface area contributed by atoms with Gasteiger partial charge < -0.3 is 13.6 Å². The standard InChI is InChI=1S/C18H15O3P.Pd/c1-4-10-16(11-5-1)19-22(20-17-12-6-2-7-13-17)21-18-14-8-3-9-15-18;/h1-15H;/q;+2. The first kappa shape index (κ1) is 17.5. The van der Waals surface area contributed by atoms with Gasteiger partial charge in [0.25, 0.3) is 0 Å². The first-order valence-corrected chi connectivity index (χ1v) is 7.99. The molecule has 0 fully saturated rings. The van der Waals surface area contributed by atoms with Crippen molar-refractivity contribution in [3.05, 3.63) is 91.0 Å². The summed E-state index contributed by atoms with van der Waals surface area (Å²) in [7, 11) is -1.59. The Kier molecular flexibility index (Phi) is 7.10. The molecule has 23 heavy (non-hydrogen) atoms. The summed E-state index contributed by atoms with van der Waals surface area (Å²) in [4.78, 5) is 0. The molecular formula is C18H15O3PPd+2. The van der Waals surface area contributed by atoms with Crippen LogP contribution in [0.3, 0.4) is 0 Å². The summed E-state index contributed by atoms with van der Waals surface area (Å²) in [6, 6.07) is 28.5. The fourth-order valence-corrected chi connectivity index (χ4v) is 2.75. The molecule has 0 unspecified atom stereocenters. The topological polar surface area (TPSA) is 27.7 Å². The van der Waals surface area contributed by atoms with E-state index in [-0.39, 0.29) is 20.4 Å². The molecule has 3 rings (SSSR count). The Bertz CT molecular complexity index is 582. The fraction of sp³-hybridized carbons (Fsp3) is 0. The molecule has 0 amide bonds. The zero-order valence-electron chi connectivity index (χ0n) is 12.1. The molecule has 3 aromatic rings. The monoisotopic (exact) mass is 416 g/mol. The van der Waals surface area contributed by atoms with Crippen molar-refractivity contribution < 1.29 is 34.0 Å². The Balaban J connectivity index is 0.00000192. The van der Waals surface area contributed by atoms with E-state index in [1.54, 1.807) is 0 Å². The molecule has 5 heteroatoms. The molecule has 0 aliphatic heterocycles. The quantitative estimate of drug-likeness (QED) is 0.395. The molecule has 0 saturated carbocycles. The number of hydrogen-bond donors (Lipinski definition) is 0. The van der Waals surface area contributed by atoms with E-state index in [0.717, 1.165) is 0 Å². The average molecular weight is 417 g/mol. The van der Waals surface area contributed by atoms with Crippen LogP contribution in [-0.4, -0.2) is 0 Å². The van der Waals surface area contributed by atoms with Gasteiger partial charge in [0.1, 0.15) is 17.2 Å². The smallest absolute Gasteiger partial charge is 0.409 e. The van der Waals surface area contributed by atoms with E-state index in [9.17, 15) is 0 Å². The van der Waals surface area contributed by atoms with Crippen molar-refractivity contribution in [3.63, 3.8) is 0 Å². The molecule has 0 saturated heterocycles. The summed E-state index contributed by atoms with van der Waals surface area (Å²) in [5.41, 5.74) is 0. The zero-order chi connectivity index (χ0) is 15.0. The SMILES string of the molecule is [Pd+2].c1ccc(OP(Oc2ccccc2)Oc2ccccc2)cc1. The molecule has 3 aromatic carbocycles. The van der Waals surface area contributed by atoms with Gasteiger partial charge >= 0.3 is 29.0 Å². The van der Waals surface area contributed by atoms with Crippen molar-refractivity contribution in [1.29, 1.82) is 0 Å². The van der Waals surface area contributed by atoms with Crippen LogP contribution in [0.2, 0.25) is 0 Å². The van der Waals surface area contributed by atoms with Crippen molar-refractivity contribution in [3.8, 4) is 17.2 Å². The van der Waals surface area contributed by atoms with Gasteiger partial charge in [0, 0.05) is 0 Å². The molecule has 0 N–H and O–H groups in total. The van der Waals surface area contributed by atoms with Crippen molar-refractivity contribution in [2.45, 2.75) is 0 Å². The molecule has 0 atom stereocenters. The first-order valence-electron chi connectivity index (χ1n) is 6.89. The largest absolute Gasteiger partial charge is 2.00 e. The molecule has 3 nitrogen and oxygen atoms in total. The number of para-hydroxylation sites is 3. The van der Waals surface area contributed by atoms with Crippen molar-refractivity contribution in [1.82, 2.24) is 0 Å². The Morgan fingerprint density at radius 1 is 0.435 bits per heavy atom. The summed E-state index contributed by atoms with van der Waals surface area (Å²) in [5, 5.41) is 0. The first-order chi connectivity index (χ1) is 10.9. The van der Waals surface area contributed by atoms with E-state index in [4.69, 9.17) is 13.6 Å². The van der Waals surface area contributed by atoms with E-state index in [1.807, 2.05) is 91.0 Å². The molecule has 0 aromatic heterocycles. The fourth-order valence-electron chi connectivity index (χ4n) is 1.76. The minimum atomic E-state index is -1.59. The molecule has 0 heterocycles. The van der Waals surface area contributed by atoms with Gasteiger partial charge in [0.15, 0.2) is 0 Å². The summed E-state index contributed by atoms with van der Waals surface area (Å²) in [6.07, 6.45) is 0.